The summed E-state index contributed by atoms with van der Waals surface area (Å²) in [6, 6.07) is 0. The van der Waals surface area contributed by atoms with Crippen molar-refractivity contribution in [2.75, 3.05) is 6.61 Å². The van der Waals surface area contributed by atoms with Crippen LogP contribution in [0.25, 0.3) is 0 Å². The number of hydrogen-bond donors (Lipinski definition) is 1. The van der Waals surface area contributed by atoms with Crippen LogP contribution in [-0.4, -0.2) is 59.6 Å². The first kappa shape index (κ1) is 17.7. The zero-order chi connectivity index (χ0) is 16.2. The van der Waals surface area contributed by atoms with Crippen molar-refractivity contribution in [3.05, 3.63) is 0 Å². The van der Waals surface area contributed by atoms with E-state index in [-0.39, 0.29) is 6.61 Å². The molecule has 1 N–H and O–H groups in total. The van der Waals surface area contributed by atoms with Gasteiger partial charge in [0.15, 0.2) is 18.5 Å². The van der Waals surface area contributed by atoms with Gasteiger partial charge in [-0.15, -0.1) is 11.6 Å². The van der Waals surface area contributed by atoms with Crippen LogP contribution in [0.2, 0.25) is 0 Å². The summed E-state index contributed by atoms with van der Waals surface area (Å²) in [4.78, 5) is 33.0. The van der Waals surface area contributed by atoms with Gasteiger partial charge < -0.3 is 24.1 Å². The van der Waals surface area contributed by atoms with Gasteiger partial charge in [-0.3, -0.25) is 14.4 Å². The van der Waals surface area contributed by atoms with Gasteiger partial charge in [-0.1, -0.05) is 0 Å². The largest absolute Gasteiger partial charge is 0.463 e. The molecule has 1 saturated heterocycles. The highest BCUT2D eigenvalue weighted by atomic mass is 35.5. The first-order chi connectivity index (χ1) is 9.72. The number of carbonyl (C=O) groups excluding carboxylic acids is 3. The molecule has 0 radical (unpaired) electrons. The van der Waals surface area contributed by atoms with E-state index >= 15 is 0 Å². The van der Waals surface area contributed by atoms with E-state index in [1.807, 2.05) is 0 Å². The summed E-state index contributed by atoms with van der Waals surface area (Å²) in [7, 11) is 0. The Morgan fingerprint density at radius 1 is 1.05 bits per heavy atom. The Balaban J connectivity index is 2.86. The Bertz CT molecular complexity index is 410. The lowest BCUT2D eigenvalue weighted by molar-refractivity contribution is -0.260. The second-order valence-corrected chi connectivity index (χ2v) is 4.96. The SMILES string of the molecule is CC(=O)OC[C@H]1O[C@@H](O)[C@H](OC(C)=O)[C@H](Cl)[C@H]1OC(C)=O. The van der Waals surface area contributed by atoms with Crippen molar-refractivity contribution in [1.29, 1.82) is 0 Å². The number of aliphatic hydroxyl groups is 1. The minimum Gasteiger partial charge on any atom is -0.463 e. The smallest absolute Gasteiger partial charge is 0.303 e. The monoisotopic (exact) mass is 324 g/mol. The summed E-state index contributed by atoms with van der Waals surface area (Å²) >= 11 is 6.11. The highest BCUT2D eigenvalue weighted by Crippen LogP contribution is 2.29. The molecule has 9 heteroatoms. The number of alkyl halides is 1. The molecule has 0 aromatic carbocycles. The summed E-state index contributed by atoms with van der Waals surface area (Å²) < 4.78 is 19.8. The van der Waals surface area contributed by atoms with Crippen LogP contribution in [0.15, 0.2) is 0 Å². The molecule has 1 fully saturated rings. The third-order valence-corrected chi connectivity index (χ3v) is 3.14. The number of halogens is 1. The molecule has 0 aromatic heterocycles. The van der Waals surface area contributed by atoms with Crippen molar-refractivity contribution in [2.24, 2.45) is 0 Å². The maximum atomic E-state index is 11.1. The molecule has 21 heavy (non-hydrogen) atoms. The molecule has 0 bridgehead atoms. The lowest BCUT2D eigenvalue weighted by Gasteiger charge is -2.40. The molecule has 0 amide bonds. The second-order valence-electron chi connectivity index (χ2n) is 4.46. The topological polar surface area (TPSA) is 108 Å². The first-order valence-corrected chi connectivity index (χ1v) is 6.61. The predicted molar refractivity (Wildman–Crippen MR) is 68.3 cm³/mol. The van der Waals surface area contributed by atoms with Crippen LogP contribution in [0.5, 0.6) is 0 Å². The van der Waals surface area contributed by atoms with E-state index in [9.17, 15) is 19.5 Å². The van der Waals surface area contributed by atoms with Gasteiger partial charge in [0.05, 0.1) is 0 Å². The van der Waals surface area contributed by atoms with Crippen molar-refractivity contribution in [1.82, 2.24) is 0 Å². The normalized spacial score (nSPS) is 32.1. The molecule has 0 unspecified atom stereocenters. The summed E-state index contributed by atoms with van der Waals surface area (Å²) in [6.45, 7) is 3.24. The molecule has 120 valence electrons. The summed E-state index contributed by atoms with van der Waals surface area (Å²) in [6.07, 6.45) is -4.75. The van der Waals surface area contributed by atoms with E-state index in [4.69, 9.17) is 30.5 Å². The highest BCUT2D eigenvalue weighted by molar-refractivity contribution is 6.21. The molecule has 1 heterocycles. The summed E-state index contributed by atoms with van der Waals surface area (Å²) in [5.41, 5.74) is 0. The minimum atomic E-state index is -1.52. The highest BCUT2D eigenvalue weighted by Gasteiger charge is 2.48. The molecule has 1 rings (SSSR count). The zero-order valence-corrected chi connectivity index (χ0v) is 12.5. The van der Waals surface area contributed by atoms with Gasteiger partial charge >= 0.3 is 17.9 Å². The number of rotatable bonds is 4. The number of hydrogen-bond acceptors (Lipinski definition) is 8. The quantitative estimate of drug-likeness (QED) is 0.428. The number of ether oxygens (including phenoxy) is 4. The maximum Gasteiger partial charge on any atom is 0.303 e. The molecule has 0 spiro atoms. The van der Waals surface area contributed by atoms with Crippen LogP contribution in [0.4, 0.5) is 0 Å². The molecular formula is C12H17ClO8. The van der Waals surface area contributed by atoms with Gasteiger partial charge in [0.25, 0.3) is 0 Å². The fourth-order valence-electron chi connectivity index (χ4n) is 1.86. The third kappa shape index (κ3) is 5.14. The molecule has 5 atom stereocenters. The average Bonchev–Trinajstić information content (AvgIpc) is 2.35. The van der Waals surface area contributed by atoms with Gasteiger partial charge in [0.1, 0.15) is 18.1 Å². The Morgan fingerprint density at radius 2 is 1.57 bits per heavy atom. The predicted octanol–water partition coefficient (Wildman–Crippen LogP) is -0.263. The van der Waals surface area contributed by atoms with E-state index in [0.29, 0.717) is 0 Å². The van der Waals surface area contributed by atoms with E-state index in [0.717, 1.165) is 6.92 Å². The lowest BCUT2D eigenvalue weighted by Crippen LogP contribution is -2.59. The minimum absolute atomic E-state index is 0.264. The van der Waals surface area contributed by atoms with E-state index < -0.39 is 47.9 Å². The van der Waals surface area contributed by atoms with E-state index in [1.54, 1.807) is 0 Å². The molecule has 1 aliphatic rings. The van der Waals surface area contributed by atoms with Crippen LogP contribution in [-0.2, 0) is 33.3 Å². The Kier molecular flexibility index (Phi) is 6.38. The van der Waals surface area contributed by atoms with Gasteiger partial charge in [-0.2, -0.15) is 0 Å². The Hall–Kier alpha value is -1.38. The fourth-order valence-corrected chi connectivity index (χ4v) is 2.25. The van der Waals surface area contributed by atoms with Crippen molar-refractivity contribution in [2.45, 2.75) is 50.8 Å². The first-order valence-electron chi connectivity index (χ1n) is 6.17. The van der Waals surface area contributed by atoms with Crippen LogP contribution in [0.3, 0.4) is 0 Å². The van der Waals surface area contributed by atoms with Gasteiger partial charge in [-0.05, 0) is 0 Å². The summed E-state index contributed by atoms with van der Waals surface area (Å²) in [5, 5.41) is 8.76. The standard InChI is InChI=1S/C12H17ClO8/c1-5(14)18-4-8-10(19-6(2)15)9(13)11(12(17)21-8)20-7(3)16/h8-12,17H,4H2,1-3H3/t8-,9-,10+,11-,12-/m1/s1. The van der Waals surface area contributed by atoms with Gasteiger partial charge in [-0.25, -0.2) is 0 Å². The molecule has 0 saturated carbocycles. The van der Waals surface area contributed by atoms with Crippen LogP contribution < -0.4 is 0 Å². The van der Waals surface area contributed by atoms with E-state index in [1.165, 1.54) is 13.8 Å². The van der Waals surface area contributed by atoms with Crippen molar-refractivity contribution >= 4 is 29.5 Å². The Morgan fingerprint density at radius 3 is 2.05 bits per heavy atom. The third-order valence-electron chi connectivity index (χ3n) is 2.64. The fraction of sp³-hybridized carbons (Fsp3) is 0.750. The zero-order valence-electron chi connectivity index (χ0n) is 11.8. The van der Waals surface area contributed by atoms with Crippen molar-refractivity contribution < 1.29 is 38.4 Å². The maximum absolute atomic E-state index is 11.1. The molecule has 8 nitrogen and oxygen atoms in total. The second kappa shape index (κ2) is 7.58. The van der Waals surface area contributed by atoms with Gasteiger partial charge in [0.2, 0.25) is 0 Å². The van der Waals surface area contributed by atoms with Crippen molar-refractivity contribution in [3.8, 4) is 0 Å². The number of carbonyl (C=O) groups is 3. The molecule has 0 aromatic rings. The molecule has 1 aliphatic heterocycles. The van der Waals surface area contributed by atoms with Crippen molar-refractivity contribution in [3.63, 3.8) is 0 Å². The Labute approximate surface area is 126 Å². The van der Waals surface area contributed by atoms with Crippen LogP contribution >= 0.6 is 11.6 Å². The van der Waals surface area contributed by atoms with Gasteiger partial charge in [0, 0.05) is 20.8 Å². The molecular weight excluding hydrogens is 308 g/mol. The van der Waals surface area contributed by atoms with Crippen LogP contribution in [0, 0.1) is 0 Å². The average molecular weight is 325 g/mol. The lowest BCUT2D eigenvalue weighted by atomic mass is 10.0. The number of aliphatic hydroxyl groups excluding tert-OH is 1. The number of esters is 3. The summed E-state index contributed by atoms with van der Waals surface area (Å²) in [5.74, 6) is -1.88. The van der Waals surface area contributed by atoms with Crippen LogP contribution in [0.1, 0.15) is 20.8 Å². The van der Waals surface area contributed by atoms with E-state index in [2.05, 4.69) is 0 Å². The molecule has 0 aliphatic carbocycles.